The summed E-state index contributed by atoms with van der Waals surface area (Å²) in [5, 5.41) is 3.27. The van der Waals surface area contributed by atoms with E-state index in [4.69, 9.17) is 4.74 Å². The predicted molar refractivity (Wildman–Crippen MR) is 73.2 cm³/mol. The van der Waals surface area contributed by atoms with Gasteiger partial charge < -0.3 is 15.0 Å². The zero-order valence-corrected chi connectivity index (χ0v) is 11.4. The average Bonchev–Trinajstić information content (AvgIpc) is 2.41. The third kappa shape index (κ3) is 2.72. The highest BCUT2D eigenvalue weighted by Crippen LogP contribution is 2.25. The number of anilines is 2. The molecule has 0 aliphatic carbocycles. The van der Waals surface area contributed by atoms with E-state index in [0.29, 0.717) is 6.10 Å². The SMILES string of the molecule is CCNc1ncnc(N2CCCC(OC)C2)c1C. The Labute approximate surface area is 109 Å². The first kappa shape index (κ1) is 13.1. The van der Waals surface area contributed by atoms with Crippen LogP contribution in [0.3, 0.4) is 0 Å². The van der Waals surface area contributed by atoms with Gasteiger partial charge in [-0.15, -0.1) is 0 Å². The Morgan fingerprint density at radius 2 is 2.33 bits per heavy atom. The van der Waals surface area contributed by atoms with Crippen molar-refractivity contribution in [3.8, 4) is 0 Å². The first-order valence-electron chi connectivity index (χ1n) is 6.59. The van der Waals surface area contributed by atoms with Crippen molar-refractivity contribution in [2.75, 3.05) is 37.0 Å². The van der Waals surface area contributed by atoms with Gasteiger partial charge in [-0.25, -0.2) is 9.97 Å². The lowest BCUT2D eigenvalue weighted by Crippen LogP contribution is -2.40. The molecule has 5 heteroatoms. The van der Waals surface area contributed by atoms with Crippen LogP contribution in [0.25, 0.3) is 0 Å². The number of ether oxygens (including phenoxy) is 1. The molecule has 5 nitrogen and oxygen atoms in total. The van der Waals surface area contributed by atoms with E-state index >= 15 is 0 Å². The summed E-state index contributed by atoms with van der Waals surface area (Å²) in [4.78, 5) is 11.0. The largest absolute Gasteiger partial charge is 0.380 e. The van der Waals surface area contributed by atoms with Crippen molar-refractivity contribution >= 4 is 11.6 Å². The summed E-state index contributed by atoms with van der Waals surface area (Å²) in [6.07, 6.45) is 4.24. The third-order valence-electron chi connectivity index (χ3n) is 3.41. The van der Waals surface area contributed by atoms with Gasteiger partial charge in [0.1, 0.15) is 18.0 Å². The maximum atomic E-state index is 5.46. The molecule has 1 unspecified atom stereocenters. The lowest BCUT2D eigenvalue weighted by Gasteiger charge is -2.33. The molecule has 1 aliphatic heterocycles. The first-order valence-corrected chi connectivity index (χ1v) is 6.59. The van der Waals surface area contributed by atoms with Crippen molar-refractivity contribution in [1.82, 2.24) is 9.97 Å². The topological polar surface area (TPSA) is 50.3 Å². The zero-order valence-electron chi connectivity index (χ0n) is 11.4. The Balaban J connectivity index is 2.19. The minimum Gasteiger partial charge on any atom is -0.380 e. The molecule has 0 amide bonds. The fraction of sp³-hybridized carbons (Fsp3) is 0.692. The van der Waals surface area contributed by atoms with Crippen molar-refractivity contribution in [3.05, 3.63) is 11.9 Å². The highest BCUT2D eigenvalue weighted by molar-refractivity contribution is 5.58. The number of nitrogens with one attached hydrogen (secondary N) is 1. The average molecular weight is 250 g/mol. The number of hydrogen-bond acceptors (Lipinski definition) is 5. The number of nitrogens with zero attached hydrogens (tertiary/aromatic N) is 3. The van der Waals surface area contributed by atoms with Crippen LogP contribution < -0.4 is 10.2 Å². The van der Waals surface area contributed by atoms with Crippen LogP contribution in [0.15, 0.2) is 6.33 Å². The lowest BCUT2D eigenvalue weighted by atomic mass is 10.1. The Morgan fingerprint density at radius 3 is 3.06 bits per heavy atom. The second-order valence-corrected chi connectivity index (χ2v) is 4.65. The molecular formula is C13H22N4O. The number of aromatic nitrogens is 2. The summed E-state index contributed by atoms with van der Waals surface area (Å²) in [7, 11) is 1.78. The van der Waals surface area contributed by atoms with Crippen molar-refractivity contribution < 1.29 is 4.74 Å². The maximum absolute atomic E-state index is 5.46. The van der Waals surface area contributed by atoms with E-state index in [9.17, 15) is 0 Å². The molecule has 1 aliphatic rings. The zero-order chi connectivity index (χ0) is 13.0. The standard InChI is InChI=1S/C13H22N4O/c1-4-14-12-10(2)13(16-9-15-12)17-7-5-6-11(8-17)18-3/h9,11H,4-8H2,1-3H3,(H,14,15,16). The molecule has 2 rings (SSSR count). The summed E-state index contributed by atoms with van der Waals surface area (Å²) in [6.45, 7) is 6.98. The Bertz CT molecular complexity index is 397. The molecule has 0 saturated carbocycles. The highest BCUT2D eigenvalue weighted by Gasteiger charge is 2.22. The van der Waals surface area contributed by atoms with Gasteiger partial charge in [-0.3, -0.25) is 0 Å². The van der Waals surface area contributed by atoms with Crippen LogP contribution in [-0.2, 0) is 4.74 Å². The second kappa shape index (κ2) is 6.00. The van der Waals surface area contributed by atoms with Crippen LogP contribution in [0.4, 0.5) is 11.6 Å². The van der Waals surface area contributed by atoms with E-state index in [-0.39, 0.29) is 0 Å². The minimum atomic E-state index is 0.315. The molecule has 1 aromatic rings. The molecule has 0 bridgehead atoms. The molecule has 1 fully saturated rings. The van der Waals surface area contributed by atoms with E-state index in [2.05, 4.69) is 34.0 Å². The fourth-order valence-corrected chi connectivity index (χ4v) is 2.43. The quantitative estimate of drug-likeness (QED) is 0.883. The van der Waals surface area contributed by atoms with Crippen LogP contribution >= 0.6 is 0 Å². The van der Waals surface area contributed by atoms with Crippen molar-refractivity contribution in [1.29, 1.82) is 0 Å². The summed E-state index contributed by atoms with van der Waals surface area (Å²) < 4.78 is 5.46. The molecule has 0 spiro atoms. The summed E-state index contributed by atoms with van der Waals surface area (Å²) >= 11 is 0. The van der Waals surface area contributed by atoms with Crippen LogP contribution in [0.2, 0.25) is 0 Å². The Kier molecular flexibility index (Phi) is 4.36. The van der Waals surface area contributed by atoms with E-state index < -0.39 is 0 Å². The highest BCUT2D eigenvalue weighted by atomic mass is 16.5. The van der Waals surface area contributed by atoms with Crippen molar-refractivity contribution in [2.24, 2.45) is 0 Å². The van der Waals surface area contributed by atoms with Gasteiger partial charge in [0.15, 0.2) is 0 Å². The Morgan fingerprint density at radius 1 is 1.50 bits per heavy atom. The van der Waals surface area contributed by atoms with Gasteiger partial charge in [0.2, 0.25) is 0 Å². The lowest BCUT2D eigenvalue weighted by molar-refractivity contribution is 0.0891. The molecule has 18 heavy (non-hydrogen) atoms. The third-order valence-corrected chi connectivity index (χ3v) is 3.41. The molecule has 0 aromatic carbocycles. The van der Waals surface area contributed by atoms with Gasteiger partial charge in [-0.1, -0.05) is 0 Å². The molecule has 1 N–H and O–H groups in total. The number of rotatable bonds is 4. The fourth-order valence-electron chi connectivity index (χ4n) is 2.43. The van der Waals surface area contributed by atoms with Gasteiger partial charge in [-0.05, 0) is 26.7 Å². The molecule has 0 radical (unpaired) electrons. The first-order chi connectivity index (χ1) is 8.76. The van der Waals surface area contributed by atoms with Crippen molar-refractivity contribution in [2.45, 2.75) is 32.8 Å². The summed E-state index contributed by atoms with van der Waals surface area (Å²) in [5.74, 6) is 1.96. The number of piperidine rings is 1. The van der Waals surface area contributed by atoms with Gasteiger partial charge in [0.25, 0.3) is 0 Å². The molecule has 1 aromatic heterocycles. The van der Waals surface area contributed by atoms with Gasteiger partial charge in [0, 0.05) is 32.3 Å². The molecule has 1 saturated heterocycles. The number of methoxy groups -OCH3 is 1. The smallest absolute Gasteiger partial charge is 0.137 e. The van der Waals surface area contributed by atoms with Crippen LogP contribution in [-0.4, -0.2) is 42.8 Å². The minimum absolute atomic E-state index is 0.315. The monoisotopic (exact) mass is 250 g/mol. The number of hydrogen-bond donors (Lipinski definition) is 1. The molecule has 100 valence electrons. The van der Waals surface area contributed by atoms with E-state index in [1.807, 2.05) is 0 Å². The van der Waals surface area contributed by atoms with Crippen molar-refractivity contribution in [3.63, 3.8) is 0 Å². The summed E-state index contributed by atoms with van der Waals surface area (Å²) in [5.41, 5.74) is 1.12. The van der Waals surface area contributed by atoms with Crippen LogP contribution in [0, 0.1) is 6.92 Å². The Hall–Kier alpha value is -1.36. The van der Waals surface area contributed by atoms with Crippen LogP contribution in [0.5, 0.6) is 0 Å². The summed E-state index contributed by atoms with van der Waals surface area (Å²) in [6, 6.07) is 0. The van der Waals surface area contributed by atoms with E-state index in [0.717, 1.165) is 49.7 Å². The predicted octanol–water partition coefficient (Wildman–Crippen LogP) is 1.83. The normalized spacial score (nSPS) is 19.9. The maximum Gasteiger partial charge on any atom is 0.137 e. The van der Waals surface area contributed by atoms with E-state index in [1.54, 1.807) is 13.4 Å². The molecule has 2 heterocycles. The van der Waals surface area contributed by atoms with Gasteiger partial charge in [-0.2, -0.15) is 0 Å². The van der Waals surface area contributed by atoms with Gasteiger partial charge in [0.05, 0.1) is 6.10 Å². The van der Waals surface area contributed by atoms with E-state index in [1.165, 1.54) is 0 Å². The van der Waals surface area contributed by atoms with Gasteiger partial charge >= 0.3 is 0 Å². The molecule has 1 atom stereocenters. The van der Waals surface area contributed by atoms with Crippen LogP contribution in [0.1, 0.15) is 25.3 Å². The molecular weight excluding hydrogens is 228 g/mol. The second-order valence-electron chi connectivity index (χ2n) is 4.65.